The van der Waals surface area contributed by atoms with Gasteiger partial charge < -0.3 is 5.11 Å². The summed E-state index contributed by atoms with van der Waals surface area (Å²) in [5, 5.41) is 8.56. The molecule has 0 spiro atoms. The summed E-state index contributed by atoms with van der Waals surface area (Å²) in [7, 11) is -3.45. The summed E-state index contributed by atoms with van der Waals surface area (Å²) in [6.07, 6.45) is 4.14. The average molecular weight is 281 g/mol. The molecule has 0 aromatic heterocycles. The third kappa shape index (κ3) is 3.21. The van der Waals surface area contributed by atoms with Crippen molar-refractivity contribution in [2.45, 2.75) is 17.7 Å². The Balaban J connectivity index is 2.30. The van der Waals surface area contributed by atoms with Crippen LogP contribution in [-0.4, -0.2) is 36.9 Å². The van der Waals surface area contributed by atoms with E-state index in [1.54, 1.807) is 12.1 Å². The highest BCUT2D eigenvalue weighted by atomic mass is 32.2. The van der Waals surface area contributed by atoms with Crippen molar-refractivity contribution < 1.29 is 18.3 Å². The summed E-state index contributed by atoms with van der Waals surface area (Å²) in [6.45, 7) is 1.11. The van der Waals surface area contributed by atoms with Gasteiger partial charge in [-0.3, -0.25) is 0 Å². The van der Waals surface area contributed by atoms with Gasteiger partial charge in [0.25, 0.3) is 0 Å². The smallest absolute Gasteiger partial charge is 0.328 e. The molecule has 0 amide bonds. The number of carboxylic acids is 1. The first kappa shape index (κ1) is 13.8. The fourth-order valence-corrected chi connectivity index (χ4v) is 3.60. The second-order valence-electron chi connectivity index (χ2n) is 4.36. The van der Waals surface area contributed by atoms with Crippen LogP contribution in [0.4, 0.5) is 0 Å². The third-order valence-electron chi connectivity index (χ3n) is 2.98. The van der Waals surface area contributed by atoms with Crippen LogP contribution in [-0.2, 0) is 14.8 Å². The highest BCUT2D eigenvalue weighted by molar-refractivity contribution is 7.89. The van der Waals surface area contributed by atoms with Gasteiger partial charge in [0.1, 0.15) is 0 Å². The normalized spacial score (nSPS) is 17.1. The molecule has 1 saturated heterocycles. The van der Waals surface area contributed by atoms with Crippen molar-refractivity contribution in [2.75, 3.05) is 13.1 Å². The molecule has 0 saturated carbocycles. The van der Waals surface area contributed by atoms with Gasteiger partial charge in [-0.2, -0.15) is 4.31 Å². The van der Waals surface area contributed by atoms with Crippen molar-refractivity contribution in [2.24, 2.45) is 0 Å². The Labute approximate surface area is 112 Å². The summed E-state index contributed by atoms with van der Waals surface area (Å²) in [5.41, 5.74) is 0.558. The molecule has 5 nitrogen and oxygen atoms in total. The van der Waals surface area contributed by atoms with E-state index >= 15 is 0 Å². The number of hydrogen-bond acceptors (Lipinski definition) is 3. The van der Waals surface area contributed by atoms with Gasteiger partial charge in [0, 0.05) is 19.2 Å². The van der Waals surface area contributed by atoms with E-state index in [1.807, 2.05) is 0 Å². The Bertz CT molecular complexity index is 601. The van der Waals surface area contributed by atoms with Crippen molar-refractivity contribution in [1.29, 1.82) is 0 Å². The van der Waals surface area contributed by atoms with Crippen molar-refractivity contribution in [3.63, 3.8) is 0 Å². The van der Waals surface area contributed by atoms with Crippen LogP contribution in [0.15, 0.2) is 35.2 Å². The molecular weight excluding hydrogens is 266 g/mol. The van der Waals surface area contributed by atoms with Crippen molar-refractivity contribution >= 4 is 22.1 Å². The summed E-state index contributed by atoms with van der Waals surface area (Å²) in [5.74, 6) is -1.06. The van der Waals surface area contributed by atoms with E-state index in [-0.39, 0.29) is 4.90 Å². The molecule has 1 heterocycles. The zero-order chi connectivity index (χ0) is 13.9. The fourth-order valence-electron chi connectivity index (χ4n) is 2.02. The van der Waals surface area contributed by atoms with Gasteiger partial charge in [0.05, 0.1) is 4.90 Å². The van der Waals surface area contributed by atoms with Crippen molar-refractivity contribution in [3.05, 3.63) is 35.9 Å². The lowest BCUT2D eigenvalue weighted by Gasteiger charge is -2.15. The SMILES string of the molecule is O=C(O)/C=C/c1cccc(S(=O)(=O)N2CCCC2)c1. The minimum absolute atomic E-state index is 0.210. The maximum atomic E-state index is 12.3. The molecule has 0 aliphatic carbocycles. The second kappa shape index (κ2) is 5.54. The quantitative estimate of drug-likeness (QED) is 0.850. The molecule has 0 radical (unpaired) electrons. The topological polar surface area (TPSA) is 74.7 Å². The number of benzene rings is 1. The predicted octanol–water partition coefficient (Wildman–Crippen LogP) is 1.57. The largest absolute Gasteiger partial charge is 0.478 e. The maximum Gasteiger partial charge on any atom is 0.328 e. The molecule has 1 N–H and O–H groups in total. The summed E-state index contributed by atoms with van der Waals surface area (Å²) >= 11 is 0. The lowest BCUT2D eigenvalue weighted by Crippen LogP contribution is -2.27. The number of sulfonamides is 1. The van der Waals surface area contributed by atoms with E-state index < -0.39 is 16.0 Å². The Morgan fingerprint density at radius 1 is 1.26 bits per heavy atom. The summed E-state index contributed by atoms with van der Waals surface area (Å²) < 4.78 is 26.1. The lowest BCUT2D eigenvalue weighted by atomic mass is 10.2. The minimum Gasteiger partial charge on any atom is -0.478 e. The molecule has 0 unspecified atom stereocenters. The number of carboxylic acid groups (broad SMARTS) is 1. The van der Waals surface area contributed by atoms with E-state index in [0.717, 1.165) is 18.9 Å². The Kier molecular flexibility index (Phi) is 4.01. The number of hydrogen-bond donors (Lipinski definition) is 1. The van der Waals surface area contributed by atoms with Gasteiger partial charge in [0.2, 0.25) is 10.0 Å². The second-order valence-corrected chi connectivity index (χ2v) is 6.29. The van der Waals surface area contributed by atoms with Crippen LogP contribution in [0.5, 0.6) is 0 Å². The number of aliphatic carboxylic acids is 1. The van der Waals surface area contributed by atoms with Crippen LogP contribution in [0.3, 0.4) is 0 Å². The zero-order valence-electron chi connectivity index (χ0n) is 10.3. The zero-order valence-corrected chi connectivity index (χ0v) is 11.1. The molecule has 0 bridgehead atoms. The predicted molar refractivity (Wildman–Crippen MR) is 71.1 cm³/mol. The third-order valence-corrected chi connectivity index (χ3v) is 4.87. The van der Waals surface area contributed by atoms with Crippen LogP contribution in [0.1, 0.15) is 18.4 Å². The lowest BCUT2D eigenvalue weighted by molar-refractivity contribution is -0.131. The van der Waals surface area contributed by atoms with Gasteiger partial charge in [-0.1, -0.05) is 12.1 Å². The van der Waals surface area contributed by atoms with Crippen LogP contribution < -0.4 is 0 Å². The Hall–Kier alpha value is -1.66. The molecule has 102 valence electrons. The van der Waals surface area contributed by atoms with E-state index in [2.05, 4.69) is 0 Å². The van der Waals surface area contributed by atoms with E-state index in [9.17, 15) is 13.2 Å². The molecule has 1 fully saturated rings. The highest BCUT2D eigenvalue weighted by Crippen LogP contribution is 2.21. The van der Waals surface area contributed by atoms with E-state index in [1.165, 1.54) is 22.5 Å². The van der Waals surface area contributed by atoms with Crippen molar-refractivity contribution in [1.82, 2.24) is 4.31 Å². The number of rotatable bonds is 4. The van der Waals surface area contributed by atoms with Gasteiger partial charge in [0.15, 0.2) is 0 Å². The maximum absolute atomic E-state index is 12.3. The highest BCUT2D eigenvalue weighted by Gasteiger charge is 2.26. The van der Waals surface area contributed by atoms with E-state index in [0.29, 0.717) is 18.7 Å². The molecule has 19 heavy (non-hydrogen) atoms. The molecule has 1 aliphatic rings. The average Bonchev–Trinajstić information content (AvgIpc) is 2.91. The molecule has 6 heteroatoms. The first-order valence-electron chi connectivity index (χ1n) is 6.01. The number of nitrogens with zero attached hydrogens (tertiary/aromatic N) is 1. The molecule has 1 aromatic rings. The molecular formula is C13H15NO4S. The fraction of sp³-hybridized carbons (Fsp3) is 0.308. The molecule has 1 aliphatic heterocycles. The molecule has 0 atom stereocenters. The number of carbonyl (C=O) groups is 1. The Morgan fingerprint density at radius 2 is 1.95 bits per heavy atom. The Morgan fingerprint density at radius 3 is 2.58 bits per heavy atom. The van der Waals surface area contributed by atoms with Gasteiger partial charge in [-0.15, -0.1) is 0 Å². The van der Waals surface area contributed by atoms with Crippen LogP contribution in [0.2, 0.25) is 0 Å². The van der Waals surface area contributed by atoms with Crippen molar-refractivity contribution in [3.8, 4) is 0 Å². The monoisotopic (exact) mass is 281 g/mol. The van der Waals surface area contributed by atoms with Gasteiger partial charge in [-0.25, -0.2) is 13.2 Å². The summed E-state index contributed by atoms with van der Waals surface area (Å²) in [4.78, 5) is 10.7. The van der Waals surface area contributed by atoms with Crippen LogP contribution in [0.25, 0.3) is 6.08 Å². The summed E-state index contributed by atoms with van der Waals surface area (Å²) in [6, 6.07) is 6.31. The minimum atomic E-state index is -3.45. The molecule has 2 rings (SSSR count). The first-order valence-corrected chi connectivity index (χ1v) is 7.45. The first-order chi connectivity index (χ1) is 9.00. The van der Waals surface area contributed by atoms with Crippen LogP contribution >= 0.6 is 0 Å². The van der Waals surface area contributed by atoms with E-state index in [4.69, 9.17) is 5.11 Å². The molecule has 1 aromatic carbocycles. The van der Waals surface area contributed by atoms with Crippen LogP contribution in [0, 0.1) is 0 Å². The van der Waals surface area contributed by atoms with Gasteiger partial charge in [-0.05, 0) is 36.6 Å². The van der Waals surface area contributed by atoms with Gasteiger partial charge >= 0.3 is 5.97 Å². The standard InChI is InChI=1S/C13H15NO4S/c15-13(16)7-6-11-4-3-5-12(10-11)19(17,18)14-8-1-2-9-14/h3-7,10H,1-2,8-9H2,(H,15,16)/b7-6+.